The molecule has 0 saturated carbocycles. The molecular weight excluding hydrogens is 284 g/mol. The van der Waals surface area contributed by atoms with E-state index in [1.807, 2.05) is 16.9 Å². The van der Waals surface area contributed by atoms with Crippen molar-refractivity contribution in [3.8, 4) is 22.3 Å². The lowest BCUT2D eigenvalue weighted by molar-refractivity contribution is 0.189. The standard InChI is InChI=1S/C20H22N2O/c1-16-13-18(17-7-4-3-5-8-17)9-10-20(16)19-14-21-22(15-19)11-6-12-23-2/h3-5,7-10,13-15H,6,11-12H2,1-2H3. The first-order chi connectivity index (χ1) is 11.3. The molecule has 0 saturated heterocycles. The second-order valence-electron chi connectivity index (χ2n) is 5.73. The quantitative estimate of drug-likeness (QED) is 0.624. The van der Waals surface area contributed by atoms with E-state index in [4.69, 9.17) is 4.74 Å². The lowest BCUT2D eigenvalue weighted by Gasteiger charge is -2.07. The summed E-state index contributed by atoms with van der Waals surface area (Å²) in [6.07, 6.45) is 5.03. The molecule has 0 amide bonds. The van der Waals surface area contributed by atoms with E-state index in [0.717, 1.165) is 19.6 Å². The molecule has 0 spiro atoms. The molecule has 3 nitrogen and oxygen atoms in total. The average Bonchev–Trinajstić information content (AvgIpc) is 3.04. The first kappa shape index (κ1) is 15.5. The Bertz CT molecular complexity index is 762. The fourth-order valence-electron chi connectivity index (χ4n) is 2.79. The van der Waals surface area contributed by atoms with Crippen LogP contribution >= 0.6 is 0 Å². The van der Waals surface area contributed by atoms with E-state index < -0.39 is 0 Å². The van der Waals surface area contributed by atoms with Gasteiger partial charge >= 0.3 is 0 Å². The van der Waals surface area contributed by atoms with Gasteiger partial charge in [0.25, 0.3) is 0 Å². The van der Waals surface area contributed by atoms with Gasteiger partial charge in [0.05, 0.1) is 6.20 Å². The molecule has 0 fully saturated rings. The topological polar surface area (TPSA) is 27.1 Å². The highest BCUT2D eigenvalue weighted by Crippen LogP contribution is 2.28. The molecule has 0 aliphatic rings. The maximum Gasteiger partial charge on any atom is 0.0568 e. The fraction of sp³-hybridized carbons (Fsp3) is 0.250. The number of rotatable bonds is 6. The largest absolute Gasteiger partial charge is 0.385 e. The summed E-state index contributed by atoms with van der Waals surface area (Å²) in [7, 11) is 1.73. The highest BCUT2D eigenvalue weighted by atomic mass is 16.5. The lowest BCUT2D eigenvalue weighted by atomic mass is 9.97. The molecule has 23 heavy (non-hydrogen) atoms. The number of aryl methyl sites for hydroxylation is 2. The lowest BCUT2D eigenvalue weighted by Crippen LogP contribution is -2.01. The average molecular weight is 306 g/mol. The monoisotopic (exact) mass is 306 g/mol. The maximum atomic E-state index is 5.09. The highest BCUT2D eigenvalue weighted by molar-refractivity contribution is 5.72. The van der Waals surface area contributed by atoms with Crippen LogP contribution in [0.3, 0.4) is 0 Å². The summed E-state index contributed by atoms with van der Waals surface area (Å²) in [5, 5.41) is 4.45. The Hall–Kier alpha value is -2.39. The van der Waals surface area contributed by atoms with Crippen molar-refractivity contribution in [3.63, 3.8) is 0 Å². The molecule has 0 aliphatic heterocycles. The zero-order chi connectivity index (χ0) is 16.1. The fourth-order valence-corrected chi connectivity index (χ4v) is 2.79. The molecular formula is C20H22N2O. The summed E-state index contributed by atoms with van der Waals surface area (Å²) < 4.78 is 7.07. The molecule has 118 valence electrons. The van der Waals surface area contributed by atoms with Crippen LogP contribution in [-0.4, -0.2) is 23.5 Å². The van der Waals surface area contributed by atoms with Gasteiger partial charge in [-0.05, 0) is 35.6 Å². The summed E-state index contributed by atoms with van der Waals surface area (Å²) in [6, 6.07) is 17.1. The molecule has 2 aromatic carbocycles. The summed E-state index contributed by atoms with van der Waals surface area (Å²) in [5.74, 6) is 0. The number of nitrogens with zero attached hydrogens (tertiary/aromatic N) is 2. The SMILES string of the molecule is COCCCn1cc(-c2ccc(-c3ccccc3)cc2C)cn1. The van der Waals surface area contributed by atoms with Crippen molar-refractivity contribution in [1.82, 2.24) is 9.78 Å². The molecule has 3 aromatic rings. The van der Waals surface area contributed by atoms with Crippen LogP contribution in [0.25, 0.3) is 22.3 Å². The minimum atomic E-state index is 0.764. The molecule has 0 atom stereocenters. The van der Waals surface area contributed by atoms with Crippen LogP contribution < -0.4 is 0 Å². The van der Waals surface area contributed by atoms with Crippen molar-refractivity contribution < 1.29 is 4.74 Å². The van der Waals surface area contributed by atoms with Crippen molar-refractivity contribution in [1.29, 1.82) is 0 Å². The Balaban J connectivity index is 1.81. The van der Waals surface area contributed by atoms with E-state index in [9.17, 15) is 0 Å². The van der Waals surface area contributed by atoms with Crippen molar-refractivity contribution in [2.75, 3.05) is 13.7 Å². The summed E-state index contributed by atoms with van der Waals surface area (Å²) in [5.41, 5.74) is 6.17. The molecule has 3 rings (SSSR count). The van der Waals surface area contributed by atoms with E-state index in [1.54, 1.807) is 7.11 Å². The Labute approximate surface area is 137 Å². The van der Waals surface area contributed by atoms with Crippen molar-refractivity contribution in [3.05, 3.63) is 66.5 Å². The first-order valence-corrected chi connectivity index (χ1v) is 7.96. The summed E-state index contributed by atoms with van der Waals surface area (Å²) in [4.78, 5) is 0. The minimum Gasteiger partial charge on any atom is -0.385 e. The smallest absolute Gasteiger partial charge is 0.0568 e. The predicted molar refractivity (Wildman–Crippen MR) is 94.3 cm³/mol. The second kappa shape index (κ2) is 7.25. The highest BCUT2D eigenvalue weighted by Gasteiger charge is 2.07. The van der Waals surface area contributed by atoms with Gasteiger partial charge in [-0.15, -0.1) is 0 Å². The van der Waals surface area contributed by atoms with E-state index >= 15 is 0 Å². The van der Waals surface area contributed by atoms with Crippen LogP contribution in [0.5, 0.6) is 0 Å². The van der Waals surface area contributed by atoms with Gasteiger partial charge in [0, 0.05) is 32.0 Å². The molecule has 1 aromatic heterocycles. The van der Waals surface area contributed by atoms with E-state index in [-0.39, 0.29) is 0 Å². The van der Waals surface area contributed by atoms with Crippen molar-refractivity contribution >= 4 is 0 Å². The van der Waals surface area contributed by atoms with Gasteiger partial charge in [-0.3, -0.25) is 4.68 Å². The van der Waals surface area contributed by atoms with Crippen LogP contribution in [0.1, 0.15) is 12.0 Å². The number of aromatic nitrogens is 2. The molecule has 0 N–H and O–H groups in total. The second-order valence-corrected chi connectivity index (χ2v) is 5.73. The normalized spacial score (nSPS) is 10.9. The van der Waals surface area contributed by atoms with Crippen LogP contribution in [0, 0.1) is 6.92 Å². The predicted octanol–water partition coefficient (Wildman–Crippen LogP) is 4.56. The Morgan fingerprint density at radius 1 is 1.00 bits per heavy atom. The van der Waals surface area contributed by atoms with Gasteiger partial charge in [-0.2, -0.15) is 5.10 Å². The number of benzene rings is 2. The van der Waals surface area contributed by atoms with Gasteiger partial charge in [0.2, 0.25) is 0 Å². The van der Waals surface area contributed by atoms with Crippen LogP contribution in [-0.2, 0) is 11.3 Å². The zero-order valence-electron chi connectivity index (χ0n) is 13.7. The number of methoxy groups -OCH3 is 1. The third-order valence-corrected chi connectivity index (χ3v) is 4.01. The minimum absolute atomic E-state index is 0.764. The van der Waals surface area contributed by atoms with Gasteiger partial charge in [-0.25, -0.2) is 0 Å². The molecule has 1 heterocycles. The third-order valence-electron chi connectivity index (χ3n) is 4.01. The maximum absolute atomic E-state index is 5.09. The third kappa shape index (κ3) is 3.69. The van der Waals surface area contributed by atoms with Crippen molar-refractivity contribution in [2.24, 2.45) is 0 Å². The summed E-state index contributed by atoms with van der Waals surface area (Å²) in [6.45, 7) is 3.80. The van der Waals surface area contributed by atoms with E-state index in [0.29, 0.717) is 0 Å². The van der Waals surface area contributed by atoms with Gasteiger partial charge in [0.15, 0.2) is 0 Å². The Morgan fingerprint density at radius 2 is 1.83 bits per heavy atom. The van der Waals surface area contributed by atoms with Crippen molar-refractivity contribution in [2.45, 2.75) is 19.9 Å². The Morgan fingerprint density at radius 3 is 2.57 bits per heavy atom. The van der Waals surface area contributed by atoms with Gasteiger partial charge in [-0.1, -0.05) is 48.5 Å². The zero-order valence-corrected chi connectivity index (χ0v) is 13.7. The summed E-state index contributed by atoms with van der Waals surface area (Å²) >= 11 is 0. The van der Waals surface area contributed by atoms with Crippen LogP contribution in [0.15, 0.2) is 60.9 Å². The van der Waals surface area contributed by atoms with Gasteiger partial charge < -0.3 is 4.74 Å². The van der Waals surface area contributed by atoms with Crippen LogP contribution in [0.4, 0.5) is 0 Å². The molecule has 3 heteroatoms. The van der Waals surface area contributed by atoms with E-state index in [1.165, 1.54) is 27.8 Å². The Kier molecular flexibility index (Phi) is 4.89. The molecule has 0 unspecified atom stereocenters. The number of ether oxygens (including phenoxy) is 1. The molecule has 0 radical (unpaired) electrons. The molecule has 0 aliphatic carbocycles. The first-order valence-electron chi connectivity index (χ1n) is 7.96. The number of hydrogen-bond acceptors (Lipinski definition) is 2. The molecule has 0 bridgehead atoms. The van der Waals surface area contributed by atoms with Gasteiger partial charge in [0.1, 0.15) is 0 Å². The number of hydrogen-bond donors (Lipinski definition) is 0. The van der Waals surface area contributed by atoms with Crippen LogP contribution in [0.2, 0.25) is 0 Å². The van der Waals surface area contributed by atoms with E-state index in [2.05, 4.69) is 60.7 Å².